The van der Waals surface area contributed by atoms with Crippen LogP contribution in [0.5, 0.6) is 0 Å². The maximum Gasteiger partial charge on any atom is 0.240 e. The van der Waals surface area contributed by atoms with Crippen LogP contribution in [0.3, 0.4) is 0 Å². The molecular weight excluding hydrogens is 337 g/mol. The van der Waals surface area contributed by atoms with Crippen molar-refractivity contribution in [2.45, 2.75) is 37.6 Å². The van der Waals surface area contributed by atoms with Gasteiger partial charge in [0.2, 0.25) is 10.0 Å². The fourth-order valence-electron chi connectivity index (χ4n) is 2.17. The summed E-state index contributed by atoms with van der Waals surface area (Å²) in [5.74, 6) is -0.532. The Labute approximate surface area is 141 Å². The molecule has 0 saturated heterocycles. The van der Waals surface area contributed by atoms with Crippen LogP contribution in [0, 0.1) is 5.82 Å². The highest BCUT2D eigenvalue weighted by Gasteiger charge is 2.16. The summed E-state index contributed by atoms with van der Waals surface area (Å²) >= 11 is 5.90. The topological polar surface area (TPSA) is 46.2 Å². The molecule has 0 aliphatic heterocycles. The quantitative estimate of drug-likeness (QED) is 0.804. The molecule has 0 atom stereocenters. The number of benzene rings is 2. The molecule has 2 aromatic rings. The molecule has 0 aliphatic rings. The first-order chi connectivity index (χ1) is 10.9. The highest BCUT2D eigenvalue weighted by molar-refractivity contribution is 7.89. The van der Waals surface area contributed by atoms with Crippen LogP contribution in [0.25, 0.3) is 0 Å². The van der Waals surface area contributed by atoms with Gasteiger partial charge in [0.05, 0.1) is 4.90 Å². The van der Waals surface area contributed by atoms with E-state index in [4.69, 9.17) is 11.6 Å². The SMILES string of the molecule is CCCCc1ccc(S(=O)(=O)NCc2c(F)cccc2Cl)cc1. The van der Waals surface area contributed by atoms with Crippen molar-refractivity contribution >= 4 is 21.6 Å². The molecule has 0 fully saturated rings. The number of sulfonamides is 1. The van der Waals surface area contributed by atoms with Crippen molar-refractivity contribution in [2.24, 2.45) is 0 Å². The van der Waals surface area contributed by atoms with Gasteiger partial charge in [0.15, 0.2) is 0 Å². The molecule has 1 N–H and O–H groups in total. The van der Waals surface area contributed by atoms with E-state index in [0.29, 0.717) is 0 Å². The average molecular weight is 356 g/mol. The molecule has 124 valence electrons. The summed E-state index contributed by atoms with van der Waals surface area (Å²) in [7, 11) is -3.70. The Bertz CT molecular complexity index is 740. The number of nitrogens with one attached hydrogen (secondary N) is 1. The predicted octanol–water partition coefficient (Wildman–Crippen LogP) is 4.30. The van der Waals surface area contributed by atoms with Gasteiger partial charge in [-0.1, -0.05) is 43.1 Å². The van der Waals surface area contributed by atoms with E-state index < -0.39 is 15.8 Å². The Balaban J connectivity index is 2.10. The van der Waals surface area contributed by atoms with Crippen LogP contribution < -0.4 is 4.72 Å². The van der Waals surface area contributed by atoms with Crippen molar-refractivity contribution in [1.29, 1.82) is 0 Å². The zero-order valence-corrected chi connectivity index (χ0v) is 14.4. The summed E-state index contributed by atoms with van der Waals surface area (Å²) in [6.45, 7) is 1.92. The van der Waals surface area contributed by atoms with Gasteiger partial charge in [0.25, 0.3) is 0 Å². The Morgan fingerprint density at radius 1 is 1.13 bits per heavy atom. The molecule has 0 bridgehead atoms. The summed E-state index contributed by atoms with van der Waals surface area (Å²) in [6.07, 6.45) is 3.08. The zero-order valence-electron chi connectivity index (χ0n) is 12.9. The molecule has 6 heteroatoms. The van der Waals surface area contributed by atoms with Crippen LogP contribution in [-0.2, 0) is 23.0 Å². The van der Waals surface area contributed by atoms with Crippen molar-refractivity contribution in [3.63, 3.8) is 0 Å². The fraction of sp³-hybridized carbons (Fsp3) is 0.294. The lowest BCUT2D eigenvalue weighted by atomic mass is 10.1. The molecule has 0 radical (unpaired) electrons. The van der Waals surface area contributed by atoms with Gasteiger partial charge in [-0.15, -0.1) is 0 Å². The number of hydrogen-bond acceptors (Lipinski definition) is 2. The van der Waals surface area contributed by atoms with Gasteiger partial charge in [0.1, 0.15) is 5.82 Å². The molecule has 0 spiro atoms. The zero-order chi connectivity index (χ0) is 16.9. The minimum atomic E-state index is -3.70. The second-order valence-electron chi connectivity index (χ2n) is 5.27. The number of halogens is 2. The molecule has 0 heterocycles. The van der Waals surface area contributed by atoms with E-state index in [-0.39, 0.29) is 22.0 Å². The summed E-state index contributed by atoms with van der Waals surface area (Å²) in [5.41, 5.74) is 1.24. The van der Waals surface area contributed by atoms with Crippen molar-refractivity contribution in [3.8, 4) is 0 Å². The molecule has 0 amide bonds. The monoisotopic (exact) mass is 355 g/mol. The Hall–Kier alpha value is -1.43. The van der Waals surface area contributed by atoms with Crippen molar-refractivity contribution < 1.29 is 12.8 Å². The predicted molar refractivity (Wildman–Crippen MR) is 90.5 cm³/mol. The van der Waals surface area contributed by atoms with Crippen LogP contribution in [0.15, 0.2) is 47.4 Å². The summed E-state index contributed by atoms with van der Waals surface area (Å²) < 4.78 is 40.6. The van der Waals surface area contributed by atoms with Gasteiger partial charge in [0, 0.05) is 17.1 Å². The lowest BCUT2D eigenvalue weighted by Gasteiger charge is -2.09. The van der Waals surface area contributed by atoms with E-state index in [9.17, 15) is 12.8 Å². The van der Waals surface area contributed by atoms with Crippen LogP contribution in [0.1, 0.15) is 30.9 Å². The van der Waals surface area contributed by atoms with E-state index in [2.05, 4.69) is 11.6 Å². The third-order valence-electron chi connectivity index (χ3n) is 3.55. The van der Waals surface area contributed by atoms with Crippen LogP contribution >= 0.6 is 11.6 Å². The van der Waals surface area contributed by atoms with Crippen molar-refractivity contribution in [3.05, 3.63) is 64.4 Å². The molecular formula is C17H19ClFNO2S. The van der Waals surface area contributed by atoms with E-state index in [1.165, 1.54) is 18.2 Å². The maximum absolute atomic E-state index is 13.7. The Kier molecular flexibility index (Phi) is 6.16. The molecule has 0 aliphatic carbocycles. The molecule has 0 unspecified atom stereocenters. The standard InChI is InChI=1S/C17H19ClFNO2S/c1-2-3-5-13-8-10-14(11-9-13)23(21,22)20-12-15-16(18)6-4-7-17(15)19/h4,6-11,20H,2-3,5,12H2,1H3. The smallest absolute Gasteiger partial charge is 0.207 e. The lowest BCUT2D eigenvalue weighted by molar-refractivity contribution is 0.574. The highest BCUT2D eigenvalue weighted by atomic mass is 35.5. The van der Waals surface area contributed by atoms with E-state index >= 15 is 0 Å². The van der Waals surface area contributed by atoms with Gasteiger partial charge in [-0.05, 0) is 42.7 Å². The fourth-order valence-corrected chi connectivity index (χ4v) is 3.39. The van der Waals surface area contributed by atoms with Crippen LogP contribution in [0.4, 0.5) is 4.39 Å². The summed E-state index contributed by atoms with van der Waals surface area (Å²) in [6, 6.07) is 11.0. The average Bonchev–Trinajstić information content (AvgIpc) is 2.53. The molecule has 0 saturated carbocycles. The van der Waals surface area contributed by atoms with Crippen LogP contribution in [0.2, 0.25) is 5.02 Å². The lowest BCUT2D eigenvalue weighted by Crippen LogP contribution is -2.24. The van der Waals surface area contributed by atoms with Gasteiger partial charge >= 0.3 is 0 Å². The number of hydrogen-bond donors (Lipinski definition) is 1. The first-order valence-corrected chi connectivity index (χ1v) is 9.31. The second-order valence-corrected chi connectivity index (χ2v) is 7.45. The summed E-state index contributed by atoms with van der Waals surface area (Å²) in [5, 5.41) is 0.197. The normalized spacial score (nSPS) is 11.6. The minimum Gasteiger partial charge on any atom is -0.207 e. The van der Waals surface area contributed by atoms with Crippen LogP contribution in [-0.4, -0.2) is 8.42 Å². The maximum atomic E-state index is 13.7. The number of aryl methyl sites for hydroxylation is 1. The molecule has 2 aromatic carbocycles. The van der Waals surface area contributed by atoms with E-state index in [0.717, 1.165) is 24.8 Å². The molecule has 2 rings (SSSR count). The number of rotatable bonds is 7. The Morgan fingerprint density at radius 3 is 2.43 bits per heavy atom. The van der Waals surface area contributed by atoms with Gasteiger partial charge in [-0.25, -0.2) is 17.5 Å². The van der Waals surface area contributed by atoms with Gasteiger partial charge < -0.3 is 0 Å². The third kappa shape index (κ3) is 4.77. The highest BCUT2D eigenvalue weighted by Crippen LogP contribution is 2.20. The summed E-state index contributed by atoms with van der Waals surface area (Å²) in [4.78, 5) is 0.158. The Morgan fingerprint density at radius 2 is 1.83 bits per heavy atom. The van der Waals surface area contributed by atoms with E-state index in [1.54, 1.807) is 24.3 Å². The minimum absolute atomic E-state index is 0.136. The van der Waals surface area contributed by atoms with E-state index in [1.807, 2.05) is 0 Å². The first-order valence-electron chi connectivity index (χ1n) is 7.45. The largest absolute Gasteiger partial charge is 0.240 e. The van der Waals surface area contributed by atoms with Gasteiger partial charge in [-0.3, -0.25) is 0 Å². The van der Waals surface area contributed by atoms with Crippen molar-refractivity contribution in [2.75, 3.05) is 0 Å². The number of unbranched alkanes of at least 4 members (excludes halogenated alkanes) is 1. The molecule has 0 aromatic heterocycles. The van der Waals surface area contributed by atoms with Crippen molar-refractivity contribution in [1.82, 2.24) is 4.72 Å². The first kappa shape index (κ1) is 17.9. The third-order valence-corrected chi connectivity index (χ3v) is 5.32. The second kappa shape index (κ2) is 7.90. The molecule has 3 nitrogen and oxygen atoms in total. The molecule has 23 heavy (non-hydrogen) atoms. The van der Waals surface area contributed by atoms with Gasteiger partial charge in [-0.2, -0.15) is 0 Å².